The number of ether oxygens (including phenoxy) is 1. The van der Waals surface area contributed by atoms with E-state index in [1.165, 1.54) is 25.1 Å². The van der Waals surface area contributed by atoms with Gasteiger partial charge in [0, 0.05) is 13.0 Å². The molecule has 0 aliphatic carbocycles. The van der Waals surface area contributed by atoms with Gasteiger partial charge in [-0.15, -0.1) is 0 Å². The molecule has 1 heterocycles. The van der Waals surface area contributed by atoms with E-state index in [-0.39, 0.29) is 24.9 Å². The number of hydrogen-bond donors (Lipinski definition) is 1. The number of hydrogen-bond acceptors (Lipinski definition) is 3. The molecule has 0 fully saturated rings. The Bertz CT molecular complexity index is 879. The van der Waals surface area contributed by atoms with E-state index in [0.29, 0.717) is 11.1 Å². The Morgan fingerprint density at radius 2 is 1.81 bits per heavy atom. The lowest BCUT2D eigenvalue weighted by Crippen LogP contribution is -2.52. The maximum absolute atomic E-state index is 13.0. The predicted octanol–water partition coefficient (Wildman–Crippen LogP) is 3.54. The van der Waals surface area contributed by atoms with Gasteiger partial charge >= 0.3 is 12.1 Å². The fourth-order valence-corrected chi connectivity index (χ4v) is 3.17. The van der Waals surface area contributed by atoms with Crippen LogP contribution in [0.4, 0.5) is 13.2 Å². The molecule has 0 bridgehead atoms. The SMILES string of the molecule is CC1(C(=O)NCCc2ccccc2C(F)(F)F)Cc2ccccc2C(=O)O1. The number of carbonyl (C=O) groups is 2. The molecule has 4 nitrogen and oxygen atoms in total. The summed E-state index contributed by atoms with van der Waals surface area (Å²) in [5, 5.41) is 2.59. The molecular formula is C20H18F3NO3. The topological polar surface area (TPSA) is 55.4 Å². The van der Waals surface area contributed by atoms with Crippen molar-refractivity contribution in [3.63, 3.8) is 0 Å². The molecule has 0 saturated carbocycles. The lowest BCUT2D eigenvalue weighted by Gasteiger charge is -2.33. The standard InChI is InChI=1S/C20H18F3NO3/c1-19(12-14-7-2-4-8-15(14)17(25)27-19)18(26)24-11-10-13-6-3-5-9-16(13)20(21,22)23/h2-9H,10-12H2,1H3,(H,24,26). The van der Waals surface area contributed by atoms with Crippen molar-refractivity contribution in [2.75, 3.05) is 6.54 Å². The third kappa shape index (κ3) is 3.97. The van der Waals surface area contributed by atoms with Gasteiger partial charge in [-0.2, -0.15) is 13.2 Å². The van der Waals surface area contributed by atoms with Crippen LogP contribution in [0.15, 0.2) is 48.5 Å². The fraction of sp³-hybridized carbons (Fsp3) is 0.300. The number of amides is 1. The van der Waals surface area contributed by atoms with Crippen LogP contribution in [0.25, 0.3) is 0 Å². The molecular weight excluding hydrogens is 359 g/mol. The van der Waals surface area contributed by atoms with Crippen molar-refractivity contribution < 1.29 is 27.5 Å². The highest BCUT2D eigenvalue weighted by molar-refractivity contribution is 5.97. The lowest BCUT2D eigenvalue weighted by molar-refractivity contribution is -0.139. The van der Waals surface area contributed by atoms with Crippen LogP contribution >= 0.6 is 0 Å². The number of cyclic esters (lactones) is 1. The number of halogens is 3. The van der Waals surface area contributed by atoms with Gasteiger partial charge in [0.05, 0.1) is 11.1 Å². The summed E-state index contributed by atoms with van der Waals surface area (Å²) >= 11 is 0. The molecule has 1 N–H and O–H groups in total. The summed E-state index contributed by atoms with van der Waals surface area (Å²) in [6.07, 6.45) is -4.23. The van der Waals surface area contributed by atoms with Gasteiger partial charge < -0.3 is 10.1 Å². The monoisotopic (exact) mass is 377 g/mol. The van der Waals surface area contributed by atoms with Crippen LogP contribution in [-0.4, -0.2) is 24.0 Å². The predicted molar refractivity (Wildman–Crippen MR) is 92.1 cm³/mol. The Hall–Kier alpha value is -2.83. The van der Waals surface area contributed by atoms with Crippen molar-refractivity contribution in [2.45, 2.75) is 31.5 Å². The Morgan fingerprint density at radius 3 is 2.56 bits per heavy atom. The molecule has 27 heavy (non-hydrogen) atoms. The third-order valence-electron chi connectivity index (χ3n) is 4.57. The second-order valence-corrected chi connectivity index (χ2v) is 6.62. The molecule has 0 spiro atoms. The van der Waals surface area contributed by atoms with Gasteiger partial charge in [0.25, 0.3) is 5.91 Å². The van der Waals surface area contributed by atoms with Crippen LogP contribution in [0.5, 0.6) is 0 Å². The minimum absolute atomic E-state index is 0.000708. The highest BCUT2D eigenvalue weighted by Crippen LogP contribution is 2.32. The molecule has 0 aromatic heterocycles. The number of fused-ring (bicyclic) bond motifs is 1. The number of nitrogens with one attached hydrogen (secondary N) is 1. The van der Waals surface area contributed by atoms with Crippen molar-refractivity contribution in [1.82, 2.24) is 5.32 Å². The Kier molecular flexibility index (Phi) is 4.95. The zero-order valence-electron chi connectivity index (χ0n) is 14.6. The van der Waals surface area contributed by atoms with Crippen molar-refractivity contribution in [3.05, 3.63) is 70.8 Å². The first kappa shape index (κ1) is 18.9. The molecule has 142 valence electrons. The lowest BCUT2D eigenvalue weighted by atomic mass is 9.89. The van der Waals surface area contributed by atoms with Gasteiger partial charge in [-0.1, -0.05) is 36.4 Å². The molecule has 1 atom stereocenters. The largest absolute Gasteiger partial charge is 0.445 e. The number of esters is 1. The van der Waals surface area contributed by atoms with E-state index in [0.717, 1.165) is 6.07 Å². The Morgan fingerprint density at radius 1 is 1.15 bits per heavy atom. The van der Waals surface area contributed by atoms with Crippen LogP contribution in [0.1, 0.15) is 34.0 Å². The number of rotatable bonds is 4. The molecule has 2 aromatic rings. The van der Waals surface area contributed by atoms with Crippen molar-refractivity contribution >= 4 is 11.9 Å². The van der Waals surface area contributed by atoms with Gasteiger partial charge in [0.15, 0.2) is 5.60 Å². The quantitative estimate of drug-likeness (QED) is 0.830. The van der Waals surface area contributed by atoms with E-state index in [1.54, 1.807) is 24.3 Å². The first-order valence-corrected chi connectivity index (χ1v) is 8.45. The van der Waals surface area contributed by atoms with Crippen LogP contribution in [0.2, 0.25) is 0 Å². The average molecular weight is 377 g/mol. The molecule has 7 heteroatoms. The van der Waals surface area contributed by atoms with Crippen molar-refractivity contribution in [2.24, 2.45) is 0 Å². The molecule has 1 aliphatic rings. The zero-order valence-corrected chi connectivity index (χ0v) is 14.6. The molecule has 1 unspecified atom stereocenters. The summed E-state index contributed by atoms with van der Waals surface area (Å²) in [5.74, 6) is -1.12. The average Bonchev–Trinajstić information content (AvgIpc) is 2.61. The van der Waals surface area contributed by atoms with Gasteiger partial charge in [0.2, 0.25) is 0 Å². The molecule has 0 saturated heterocycles. The summed E-state index contributed by atoms with van der Waals surface area (Å²) in [6.45, 7) is 1.50. The first-order valence-electron chi connectivity index (χ1n) is 8.45. The van der Waals surface area contributed by atoms with Crippen LogP contribution in [0, 0.1) is 0 Å². The van der Waals surface area contributed by atoms with Gasteiger partial charge in [-0.05, 0) is 36.6 Å². The highest BCUT2D eigenvalue weighted by atomic mass is 19.4. The van der Waals surface area contributed by atoms with Gasteiger partial charge in [-0.3, -0.25) is 4.79 Å². The van der Waals surface area contributed by atoms with Crippen LogP contribution in [-0.2, 0) is 28.5 Å². The minimum atomic E-state index is -4.45. The zero-order chi connectivity index (χ0) is 19.7. The molecule has 2 aromatic carbocycles. The Labute approximate surface area is 154 Å². The summed E-state index contributed by atoms with van der Waals surface area (Å²) in [5.41, 5.74) is -0.893. The number of benzene rings is 2. The smallest absolute Gasteiger partial charge is 0.416 e. The van der Waals surface area contributed by atoms with E-state index in [4.69, 9.17) is 4.74 Å². The maximum atomic E-state index is 13.0. The van der Waals surface area contributed by atoms with Crippen LogP contribution < -0.4 is 5.32 Å². The maximum Gasteiger partial charge on any atom is 0.416 e. The fourth-order valence-electron chi connectivity index (χ4n) is 3.17. The summed E-state index contributed by atoms with van der Waals surface area (Å²) in [4.78, 5) is 24.7. The molecule has 1 amide bonds. The summed E-state index contributed by atoms with van der Waals surface area (Å²) < 4.78 is 44.4. The van der Waals surface area contributed by atoms with Crippen molar-refractivity contribution in [3.8, 4) is 0 Å². The summed E-state index contributed by atoms with van der Waals surface area (Å²) in [6, 6.07) is 12.1. The minimum Gasteiger partial charge on any atom is -0.445 e. The number of alkyl halides is 3. The first-order chi connectivity index (χ1) is 12.7. The van der Waals surface area contributed by atoms with E-state index < -0.39 is 29.2 Å². The molecule has 3 rings (SSSR count). The third-order valence-corrected chi connectivity index (χ3v) is 4.57. The highest BCUT2D eigenvalue weighted by Gasteiger charge is 2.42. The second-order valence-electron chi connectivity index (χ2n) is 6.62. The van der Waals surface area contributed by atoms with Crippen molar-refractivity contribution in [1.29, 1.82) is 0 Å². The molecule has 0 radical (unpaired) electrons. The second kappa shape index (κ2) is 7.06. The normalized spacial score (nSPS) is 19.2. The summed E-state index contributed by atoms with van der Waals surface area (Å²) in [7, 11) is 0. The molecule has 1 aliphatic heterocycles. The van der Waals surface area contributed by atoms with E-state index in [2.05, 4.69) is 5.32 Å². The van der Waals surface area contributed by atoms with E-state index >= 15 is 0 Å². The van der Waals surface area contributed by atoms with E-state index in [1.807, 2.05) is 0 Å². The number of carbonyl (C=O) groups excluding carboxylic acids is 2. The Balaban J connectivity index is 1.66. The van der Waals surface area contributed by atoms with Gasteiger partial charge in [0.1, 0.15) is 0 Å². The van der Waals surface area contributed by atoms with Gasteiger partial charge in [-0.25, -0.2) is 4.79 Å². The van der Waals surface area contributed by atoms with E-state index in [9.17, 15) is 22.8 Å². The van der Waals surface area contributed by atoms with Crippen LogP contribution in [0.3, 0.4) is 0 Å².